The van der Waals surface area contributed by atoms with E-state index in [4.69, 9.17) is 5.73 Å². The van der Waals surface area contributed by atoms with Crippen LogP contribution in [0.25, 0.3) is 0 Å². The van der Waals surface area contributed by atoms with Crippen molar-refractivity contribution < 1.29 is 4.79 Å². The predicted molar refractivity (Wildman–Crippen MR) is 91.0 cm³/mol. The molecule has 0 aromatic heterocycles. The van der Waals surface area contributed by atoms with Crippen molar-refractivity contribution in [1.29, 1.82) is 0 Å². The van der Waals surface area contributed by atoms with Crippen molar-refractivity contribution in [1.82, 2.24) is 4.90 Å². The second-order valence-electron chi connectivity index (χ2n) is 5.04. The van der Waals surface area contributed by atoms with E-state index < -0.39 is 0 Å². The van der Waals surface area contributed by atoms with Gasteiger partial charge in [0.25, 0.3) is 5.91 Å². The molecular formula is C16H18BrN3O. The van der Waals surface area contributed by atoms with Crippen molar-refractivity contribution in [3.05, 3.63) is 52.0 Å². The average Bonchev–Trinajstić information content (AvgIpc) is 2.44. The lowest BCUT2D eigenvalue weighted by Crippen LogP contribution is -2.21. The number of nitrogens with one attached hydrogen (secondary N) is 1. The third-order valence-corrected chi connectivity index (χ3v) is 4.10. The van der Waals surface area contributed by atoms with Gasteiger partial charge in [0.05, 0.1) is 11.4 Å². The maximum Gasteiger partial charge on any atom is 0.253 e. The van der Waals surface area contributed by atoms with Gasteiger partial charge in [0.1, 0.15) is 0 Å². The van der Waals surface area contributed by atoms with Crippen LogP contribution < -0.4 is 11.1 Å². The lowest BCUT2D eigenvalue weighted by atomic mass is 10.1. The summed E-state index contributed by atoms with van der Waals surface area (Å²) in [5.74, 6) is -0.0631. The Bertz CT molecular complexity index is 683. The second kappa shape index (κ2) is 6.18. The zero-order chi connectivity index (χ0) is 15.6. The van der Waals surface area contributed by atoms with E-state index in [9.17, 15) is 4.79 Å². The topological polar surface area (TPSA) is 58.4 Å². The van der Waals surface area contributed by atoms with E-state index in [1.165, 1.54) is 4.90 Å². The number of nitrogen functional groups attached to an aromatic ring is 1. The van der Waals surface area contributed by atoms with E-state index in [0.717, 1.165) is 21.4 Å². The molecule has 0 aliphatic carbocycles. The molecule has 5 heteroatoms. The Morgan fingerprint density at radius 1 is 1.19 bits per heavy atom. The van der Waals surface area contributed by atoms with Gasteiger partial charge < -0.3 is 16.0 Å². The number of halogens is 1. The van der Waals surface area contributed by atoms with Crippen molar-refractivity contribution >= 4 is 38.9 Å². The third kappa shape index (κ3) is 3.36. The molecule has 21 heavy (non-hydrogen) atoms. The Balaban J connectivity index is 2.30. The van der Waals surface area contributed by atoms with Crippen LogP contribution in [0.5, 0.6) is 0 Å². The summed E-state index contributed by atoms with van der Waals surface area (Å²) >= 11 is 3.50. The Hall–Kier alpha value is -2.01. The minimum absolute atomic E-state index is 0.0631. The summed E-state index contributed by atoms with van der Waals surface area (Å²) in [6.45, 7) is 2.02. The average molecular weight is 348 g/mol. The maximum atomic E-state index is 11.9. The summed E-state index contributed by atoms with van der Waals surface area (Å²) in [5.41, 5.74) is 10.0. The highest BCUT2D eigenvalue weighted by molar-refractivity contribution is 9.10. The van der Waals surface area contributed by atoms with Crippen LogP contribution in [0.4, 0.5) is 17.1 Å². The Labute approximate surface area is 133 Å². The van der Waals surface area contributed by atoms with Gasteiger partial charge in [0, 0.05) is 29.8 Å². The predicted octanol–water partition coefficient (Wildman–Crippen LogP) is 3.79. The highest BCUT2D eigenvalue weighted by atomic mass is 79.9. The Morgan fingerprint density at radius 3 is 2.52 bits per heavy atom. The van der Waals surface area contributed by atoms with Crippen LogP contribution >= 0.6 is 15.9 Å². The zero-order valence-corrected chi connectivity index (χ0v) is 13.9. The molecule has 1 amide bonds. The van der Waals surface area contributed by atoms with Gasteiger partial charge in [0.15, 0.2) is 0 Å². The normalized spacial score (nSPS) is 10.3. The molecule has 0 radical (unpaired) electrons. The standard InChI is InChI=1S/C16H18BrN3O/c1-10-12(17)5-4-6-14(10)19-15-8-7-11(9-13(15)18)16(21)20(2)3/h4-9,19H,18H2,1-3H3. The van der Waals surface area contributed by atoms with Crippen molar-refractivity contribution in [3.8, 4) is 0 Å². The maximum absolute atomic E-state index is 11.9. The van der Waals surface area contributed by atoms with Crippen LogP contribution in [0.2, 0.25) is 0 Å². The summed E-state index contributed by atoms with van der Waals surface area (Å²) in [6, 6.07) is 11.2. The van der Waals surface area contributed by atoms with E-state index in [-0.39, 0.29) is 5.91 Å². The van der Waals surface area contributed by atoms with E-state index in [2.05, 4.69) is 21.2 Å². The van der Waals surface area contributed by atoms with Gasteiger partial charge in [0.2, 0.25) is 0 Å². The fourth-order valence-electron chi connectivity index (χ4n) is 1.96. The summed E-state index contributed by atoms with van der Waals surface area (Å²) in [5, 5.41) is 3.30. The Kier molecular flexibility index (Phi) is 4.53. The molecule has 0 bridgehead atoms. The first-order chi connectivity index (χ1) is 9.90. The molecule has 4 nitrogen and oxygen atoms in total. The molecule has 0 aliphatic heterocycles. The summed E-state index contributed by atoms with van der Waals surface area (Å²) < 4.78 is 1.03. The minimum atomic E-state index is -0.0631. The highest BCUT2D eigenvalue weighted by Crippen LogP contribution is 2.29. The van der Waals surface area contributed by atoms with Crippen LogP contribution in [-0.4, -0.2) is 24.9 Å². The van der Waals surface area contributed by atoms with E-state index in [1.807, 2.05) is 31.2 Å². The number of amides is 1. The number of hydrogen-bond acceptors (Lipinski definition) is 3. The minimum Gasteiger partial charge on any atom is -0.397 e. The molecule has 0 spiro atoms. The van der Waals surface area contributed by atoms with Crippen LogP contribution in [0, 0.1) is 6.92 Å². The van der Waals surface area contributed by atoms with Crippen LogP contribution in [-0.2, 0) is 0 Å². The molecule has 0 atom stereocenters. The first-order valence-electron chi connectivity index (χ1n) is 6.53. The van der Waals surface area contributed by atoms with Crippen LogP contribution in [0.1, 0.15) is 15.9 Å². The zero-order valence-electron chi connectivity index (χ0n) is 12.3. The fraction of sp³-hybridized carbons (Fsp3) is 0.188. The van der Waals surface area contributed by atoms with Gasteiger partial charge in [-0.15, -0.1) is 0 Å². The largest absolute Gasteiger partial charge is 0.397 e. The van der Waals surface area contributed by atoms with E-state index in [1.54, 1.807) is 26.2 Å². The number of rotatable bonds is 3. The van der Waals surface area contributed by atoms with Gasteiger partial charge in [-0.25, -0.2) is 0 Å². The molecule has 2 aromatic carbocycles. The quantitative estimate of drug-likeness (QED) is 0.830. The first kappa shape index (κ1) is 15.4. The van der Waals surface area contributed by atoms with Crippen LogP contribution in [0.15, 0.2) is 40.9 Å². The Morgan fingerprint density at radius 2 is 1.90 bits per heavy atom. The van der Waals surface area contributed by atoms with Crippen molar-refractivity contribution in [2.24, 2.45) is 0 Å². The third-order valence-electron chi connectivity index (χ3n) is 3.24. The molecule has 3 N–H and O–H groups in total. The second-order valence-corrected chi connectivity index (χ2v) is 5.89. The number of nitrogens with zero attached hydrogens (tertiary/aromatic N) is 1. The van der Waals surface area contributed by atoms with Gasteiger partial charge in [-0.05, 0) is 42.8 Å². The molecule has 0 unspecified atom stereocenters. The fourth-order valence-corrected chi connectivity index (χ4v) is 2.32. The lowest BCUT2D eigenvalue weighted by Gasteiger charge is -2.15. The van der Waals surface area contributed by atoms with Crippen molar-refractivity contribution in [3.63, 3.8) is 0 Å². The number of benzene rings is 2. The van der Waals surface area contributed by atoms with Crippen LogP contribution in [0.3, 0.4) is 0 Å². The molecule has 0 heterocycles. The van der Waals surface area contributed by atoms with E-state index >= 15 is 0 Å². The van der Waals surface area contributed by atoms with Gasteiger partial charge in [-0.1, -0.05) is 22.0 Å². The van der Waals surface area contributed by atoms with Gasteiger partial charge in [-0.3, -0.25) is 4.79 Å². The SMILES string of the molecule is Cc1c(Br)cccc1Nc1ccc(C(=O)N(C)C)cc1N. The first-order valence-corrected chi connectivity index (χ1v) is 7.32. The molecule has 0 saturated carbocycles. The summed E-state index contributed by atoms with van der Waals surface area (Å²) in [7, 11) is 3.44. The lowest BCUT2D eigenvalue weighted by molar-refractivity contribution is 0.0827. The van der Waals surface area contributed by atoms with Gasteiger partial charge in [-0.2, -0.15) is 0 Å². The van der Waals surface area contributed by atoms with E-state index in [0.29, 0.717) is 11.3 Å². The summed E-state index contributed by atoms with van der Waals surface area (Å²) in [4.78, 5) is 13.4. The van der Waals surface area contributed by atoms with Crippen molar-refractivity contribution in [2.45, 2.75) is 6.92 Å². The number of hydrogen-bond donors (Lipinski definition) is 2. The molecule has 0 fully saturated rings. The summed E-state index contributed by atoms with van der Waals surface area (Å²) in [6.07, 6.45) is 0. The highest BCUT2D eigenvalue weighted by Gasteiger charge is 2.11. The molecule has 0 aliphatic rings. The molecule has 0 saturated heterocycles. The molecule has 2 rings (SSSR count). The van der Waals surface area contributed by atoms with Gasteiger partial charge >= 0.3 is 0 Å². The van der Waals surface area contributed by atoms with Crippen molar-refractivity contribution in [2.75, 3.05) is 25.1 Å². The molecule has 110 valence electrons. The smallest absolute Gasteiger partial charge is 0.253 e. The monoisotopic (exact) mass is 347 g/mol. The number of carbonyl (C=O) groups excluding carboxylic acids is 1. The number of nitrogens with two attached hydrogens (primary N) is 1. The number of carbonyl (C=O) groups is 1. The molecular weight excluding hydrogens is 330 g/mol. The number of anilines is 3. The molecule has 2 aromatic rings.